The molecule has 6 rings (SSSR count). The normalized spacial score (nSPS) is 31.7. The van der Waals surface area contributed by atoms with Crippen molar-refractivity contribution in [2.45, 2.75) is 108 Å². The maximum Gasteiger partial charge on any atom is 0.238 e. The van der Waals surface area contributed by atoms with Gasteiger partial charge in [-0.2, -0.15) is 0 Å². The average molecular weight is 615 g/mol. The lowest BCUT2D eigenvalue weighted by molar-refractivity contribution is -0.130. The number of nitrogens with one attached hydrogen (secondary N) is 2. The van der Waals surface area contributed by atoms with E-state index in [1.54, 1.807) is 24.3 Å². The van der Waals surface area contributed by atoms with Crippen LogP contribution in [-0.2, 0) is 15.0 Å². The second-order valence-electron chi connectivity index (χ2n) is 14.0. The van der Waals surface area contributed by atoms with Crippen molar-refractivity contribution in [2.75, 3.05) is 11.9 Å². The van der Waals surface area contributed by atoms with Crippen molar-refractivity contribution >= 4 is 40.7 Å². The van der Waals surface area contributed by atoms with Gasteiger partial charge in [0.25, 0.3) is 0 Å². The minimum Gasteiger partial charge on any atom is -0.352 e. The van der Waals surface area contributed by atoms with E-state index in [1.165, 1.54) is 6.07 Å². The van der Waals surface area contributed by atoms with Crippen molar-refractivity contribution in [1.29, 1.82) is 0 Å². The van der Waals surface area contributed by atoms with E-state index in [-0.39, 0.29) is 28.3 Å². The number of halogens is 3. The number of fused-ring (bicyclic) bond motifs is 3. The van der Waals surface area contributed by atoms with Crippen LogP contribution in [-0.4, -0.2) is 40.9 Å². The molecule has 2 N–H and O–H groups in total. The van der Waals surface area contributed by atoms with Crippen molar-refractivity contribution in [2.24, 2.45) is 11.3 Å². The molecule has 2 spiro atoms. The summed E-state index contributed by atoms with van der Waals surface area (Å²) >= 11 is 12.8. The van der Waals surface area contributed by atoms with Gasteiger partial charge in [-0.15, -0.1) is 0 Å². The Hall–Kier alpha value is -2.15. The Bertz CT molecular complexity index is 1400. The van der Waals surface area contributed by atoms with Crippen LogP contribution >= 0.6 is 23.2 Å². The molecule has 2 aromatic rings. The predicted molar refractivity (Wildman–Crippen MR) is 167 cm³/mol. The highest BCUT2D eigenvalue weighted by Gasteiger charge is 2.75. The fourth-order valence-corrected chi connectivity index (χ4v) is 9.30. The number of anilines is 1. The second-order valence-corrected chi connectivity index (χ2v) is 14.8. The lowest BCUT2D eigenvalue weighted by atomic mass is 9.53. The van der Waals surface area contributed by atoms with E-state index in [1.807, 2.05) is 6.07 Å². The van der Waals surface area contributed by atoms with Gasteiger partial charge in [-0.25, -0.2) is 4.39 Å². The number of hydrogen-bond acceptors (Lipinski definition) is 3. The number of carbonyl (C=O) groups is 2. The van der Waals surface area contributed by atoms with Gasteiger partial charge in [-0.05, 0) is 98.6 Å². The monoisotopic (exact) mass is 613 g/mol. The first-order chi connectivity index (χ1) is 19.9. The topological polar surface area (TPSA) is 61.4 Å². The van der Waals surface area contributed by atoms with Gasteiger partial charge in [0.2, 0.25) is 11.8 Å². The van der Waals surface area contributed by atoms with E-state index in [0.29, 0.717) is 41.6 Å². The van der Waals surface area contributed by atoms with Crippen LogP contribution in [0.3, 0.4) is 0 Å². The maximum atomic E-state index is 16.3. The van der Waals surface area contributed by atoms with Crippen LogP contribution in [0.2, 0.25) is 10.0 Å². The van der Waals surface area contributed by atoms with Crippen molar-refractivity contribution < 1.29 is 14.0 Å². The van der Waals surface area contributed by atoms with E-state index < -0.39 is 28.7 Å². The molecular weight excluding hydrogens is 572 g/mol. The third-order valence-electron chi connectivity index (χ3n) is 11.1. The molecule has 2 saturated carbocycles. The first-order valence-electron chi connectivity index (χ1n) is 15.6. The molecule has 5 nitrogen and oxygen atoms in total. The molecule has 2 aliphatic carbocycles. The van der Waals surface area contributed by atoms with E-state index in [2.05, 4.69) is 43.2 Å². The fourth-order valence-electron chi connectivity index (χ4n) is 8.95. The van der Waals surface area contributed by atoms with Gasteiger partial charge in [-0.1, -0.05) is 69.1 Å². The van der Waals surface area contributed by atoms with Crippen LogP contribution < -0.4 is 10.6 Å². The lowest BCUT2D eigenvalue weighted by Gasteiger charge is -2.53. The van der Waals surface area contributed by atoms with E-state index >= 15 is 4.39 Å². The van der Waals surface area contributed by atoms with Crippen LogP contribution in [0.4, 0.5) is 10.1 Å². The zero-order chi connectivity index (χ0) is 30.0. The van der Waals surface area contributed by atoms with Crippen LogP contribution in [0.25, 0.3) is 0 Å². The molecule has 2 amide bonds. The molecule has 4 aliphatic rings. The zero-order valence-electron chi connectivity index (χ0n) is 25.0. The van der Waals surface area contributed by atoms with Crippen molar-refractivity contribution in [3.8, 4) is 0 Å². The van der Waals surface area contributed by atoms with Gasteiger partial charge in [0.05, 0.1) is 11.1 Å². The highest BCUT2D eigenvalue weighted by atomic mass is 35.5. The molecule has 3 atom stereocenters. The van der Waals surface area contributed by atoms with Crippen LogP contribution in [0.1, 0.15) is 96.1 Å². The smallest absolute Gasteiger partial charge is 0.238 e. The van der Waals surface area contributed by atoms with Gasteiger partial charge in [0, 0.05) is 28.2 Å². The molecule has 2 heterocycles. The number of hydrogen-bond donors (Lipinski definition) is 2. The predicted octanol–water partition coefficient (Wildman–Crippen LogP) is 7.84. The first-order valence-corrected chi connectivity index (χ1v) is 16.3. The Morgan fingerprint density at radius 3 is 2.43 bits per heavy atom. The van der Waals surface area contributed by atoms with Gasteiger partial charge >= 0.3 is 0 Å². The summed E-state index contributed by atoms with van der Waals surface area (Å²) in [6, 6.07) is 9.80. The largest absolute Gasteiger partial charge is 0.352 e. The third-order valence-corrected chi connectivity index (χ3v) is 11.7. The number of benzene rings is 2. The zero-order valence-corrected chi connectivity index (χ0v) is 26.5. The molecular formula is C34H42Cl2FN3O2. The Balaban J connectivity index is 1.60. The molecule has 2 aliphatic heterocycles. The van der Waals surface area contributed by atoms with Gasteiger partial charge in [-0.3, -0.25) is 14.5 Å². The molecule has 42 heavy (non-hydrogen) atoms. The Kier molecular flexibility index (Phi) is 7.68. The number of amides is 2. The summed E-state index contributed by atoms with van der Waals surface area (Å²) in [5.41, 5.74) is -0.0711. The number of likely N-dealkylation sites (tertiary alicyclic amines) is 1. The average Bonchev–Trinajstić information content (AvgIpc) is 3.38. The molecule has 3 fully saturated rings. The quantitative estimate of drug-likeness (QED) is 0.369. The summed E-state index contributed by atoms with van der Waals surface area (Å²) in [5.74, 6) is -1.02. The number of nitrogens with zero attached hydrogens (tertiary/aromatic N) is 1. The van der Waals surface area contributed by atoms with Crippen molar-refractivity contribution in [1.82, 2.24) is 10.2 Å². The maximum absolute atomic E-state index is 16.3. The summed E-state index contributed by atoms with van der Waals surface area (Å²) < 4.78 is 16.3. The highest BCUT2D eigenvalue weighted by Crippen LogP contribution is 2.67. The Morgan fingerprint density at radius 1 is 1.07 bits per heavy atom. The molecule has 226 valence electrons. The first kappa shape index (κ1) is 29.9. The summed E-state index contributed by atoms with van der Waals surface area (Å²) in [4.78, 5) is 31.7. The highest BCUT2D eigenvalue weighted by molar-refractivity contribution is 6.31. The summed E-state index contributed by atoms with van der Waals surface area (Å²) in [5, 5.41) is 7.04. The molecule has 0 unspecified atom stereocenters. The summed E-state index contributed by atoms with van der Waals surface area (Å²) in [6.45, 7) is 9.40. The molecule has 0 bridgehead atoms. The minimum absolute atomic E-state index is 0.00779. The van der Waals surface area contributed by atoms with E-state index in [9.17, 15) is 9.59 Å². The number of likely N-dealkylation sites (N-methyl/N-ethyl adjacent to an activating group) is 1. The Morgan fingerprint density at radius 2 is 1.76 bits per heavy atom. The molecule has 0 radical (unpaired) electrons. The van der Waals surface area contributed by atoms with Gasteiger partial charge in [0.1, 0.15) is 11.2 Å². The van der Waals surface area contributed by atoms with E-state index in [4.69, 9.17) is 23.2 Å². The molecule has 1 saturated heterocycles. The molecule has 8 heteroatoms. The van der Waals surface area contributed by atoms with Gasteiger partial charge < -0.3 is 10.6 Å². The van der Waals surface area contributed by atoms with Crippen LogP contribution in [0.5, 0.6) is 0 Å². The molecule has 0 aromatic heterocycles. The number of carbonyl (C=O) groups excluding carboxylic acids is 2. The SMILES string of the molecule is CCN1[C@@H](C(=O)NC2CCC(C)CC2)[C@H](c2cccc(Cl)c2F)[C@]2(C(=O)Nc3cc(Cl)ccc32)C12CCC(C)(C)CC2. The van der Waals surface area contributed by atoms with Gasteiger partial charge in [0.15, 0.2) is 0 Å². The van der Waals surface area contributed by atoms with E-state index in [0.717, 1.165) is 44.1 Å². The second kappa shape index (κ2) is 10.8. The fraction of sp³-hybridized carbons (Fsp3) is 0.588. The van der Waals surface area contributed by atoms with Crippen LogP contribution in [0, 0.1) is 17.2 Å². The van der Waals surface area contributed by atoms with Crippen LogP contribution in [0.15, 0.2) is 36.4 Å². The summed E-state index contributed by atoms with van der Waals surface area (Å²) in [7, 11) is 0. The number of rotatable bonds is 4. The lowest BCUT2D eigenvalue weighted by Crippen LogP contribution is -2.62. The molecule has 2 aromatic carbocycles. The van der Waals surface area contributed by atoms with Crippen molar-refractivity contribution in [3.05, 3.63) is 63.4 Å². The standard InChI is InChI=1S/C34H42Cl2FN3O2/c1-5-40-29(30(41)38-22-12-9-20(2)10-13-22)27(23-7-6-8-25(36)28(23)37)34(33(40)17-15-32(3,4)16-18-33)24-14-11-21(35)19-26(24)39-31(34)42/h6-8,11,14,19-20,22,27,29H,5,9-10,12-13,15-18H2,1-4H3,(H,38,41)(H,39,42)/t20?,22?,27-,29+,34+/m0/s1. The Labute approximate surface area is 258 Å². The third kappa shape index (κ3) is 4.42. The minimum atomic E-state index is -1.21. The summed E-state index contributed by atoms with van der Waals surface area (Å²) in [6.07, 6.45) is 7.20. The van der Waals surface area contributed by atoms with Crippen molar-refractivity contribution in [3.63, 3.8) is 0 Å².